The molecule has 1 aromatic rings. The van der Waals surface area contributed by atoms with Gasteiger partial charge in [-0.25, -0.2) is 13.1 Å². The number of ether oxygens (including phenoxy) is 1. The summed E-state index contributed by atoms with van der Waals surface area (Å²) in [5.41, 5.74) is 0.495. The lowest BCUT2D eigenvalue weighted by atomic mass is 9.92. The number of rotatable bonds is 6. The molecule has 0 spiro atoms. The molecule has 8 heteroatoms. The van der Waals surface area contributed by atoms with Crippen LogP contribution in [0.2, 0.25) is 0 Å². The monoisotopic (exact) mass is 361 g/mol. The molecule has 0 aliphatic carbocycles. The fraction of sp³-hybridized carbons (Fsp3) is 0.562. The average molecular weight is 361 g/mol. The van der Waals surface area contributed by atoms with Gasteiger partial charge in [-0.1, -0.05) is 31.5 Å². The Balaban J connectivity index is 2.20. The number of carbonyl (C=O) groups excluding carboxylic acids is 1. The summed E-state index contributed by atoms with van der Waals surface area (Å²) in [5.74, 6) is -6.75. The number of alkyl halides is 2. The molecule has 0 unspecified atom stereocenters. The maximum Gasteiger partial charge on any atom is 0.328 e. The first kappa shape index (κ1) is 18.8. The number of halogens is 2. The maximum atomic E-state index is 14.3. The molecule has 0 saturated carbocycles. The van der Waals surface area contributed by atoms with Gasteiger partial charge in [0.2, 0.25) is 0 Å². The van der Waals surface area contributed by atoms with Crippen LogP contribution in [0.4, 0.5) is 8.78 Å². The van der Waals surface area contributed by atoms with Crippen LogP contribution in [0.1, 0.15) is 31.7 Å². The lowest BCUT2D eigenvalue weighted by Gasteiger charge is -2.28. The SMILES string of the molecule is CCCc1ccccc1S(=O)(=O)NC(=O)C(F)(F)C1CCOCC1. The van der Waals surface area contributed by atoms with Crippen molar-refractivity contribution in [3.05, 3.63) is 29.8 Å². The zero-order chi connectivity index (χ0) is 17.8. The first-order valence-electron chi connectivity index (χ1n) is 7.89. The highest BCUT2D eigenvalue weighted by Crippen LogP contribution is 2.33. The third kappa shape index (κ3) is 4.10. The predicted molar refractivity (Wildman–Crippen MR) is 84.3 cm³/mol. The van der Waals surface area contributed by atoms with Gasteiger partial charge in [0.25, 0.3) is 10.0 Å². The fourth-order valence-electron chi connectivity index (χ4n) is 2.73. The maximum absolute atomic E-state index is 14.3. The lowest BCUT2D eigenvalue weighted by molar-refractivity contribution is -0.157. The summed E-state index contributed by atoms with van der Waals surface area (Å²) in [6, 6.07) is 6.09. The number of sulfonamides is 1. The summed E-state index contributed by atoms with van der Waals surface area (Å²) in [5, 5.41) is 0. The summed E-state index contributed by atoms with van der Waals surface area (Å²) in [7, 11) is -4.34. The second kappa shape index (κ2) is 7.57. The van der Waals surface area contributed by atoms with E-state index in [4.69, 9.17) is 4.74 Å². The average Bonchev–Trinajstić information content (AvgIpc) is 2.56. The van der Waals surface area contributed by atoms with Gasteiger partial charge in [0.05, 0.1) is 4.90 Å². The molecule has 1 aliphatic heterocycles. The highest BCUT2D eigenvalue weighted by molar-refractivity contribution is 7.90. The molecule has 1 aromatic carbocycles. The van der Waals surface area contributed by atoms with Crippen molar-refractivity contribution in [1.29, 1.82) is 0 Å². The van der Waals surface area contributed by atoms with Crippen molar-refractivity contribution in [2.24, 2.45) is 5.92 Å². The van der Waals surface area contributed by atoms with Gasteiger partial charge >= 0.3 is 11.8 Å². The van der Waals surface area contributed by atoms with Crippen LogP contribution in [0, 0.1) is 5.92 Å². The summed E-state index contributed by atoms with van der Waals surface area (Å²) >= 11 is 0. The Morgan fingerprint density at radius 3 is 2.54 bits per heavy atom. The van der Waals surface area contributed by atoms with E-state index < -0.39 is 27.8 Å². The Morgan fingerprint density at radius 2 is 1.92 bits per heavy atom. The summed E-state index contributed by atoms with van der Waals surface area (Å²) in [4.78, 5) is 11.8. The number of hydrogen-bond donors (Lipinski definition) is 1. The molecule has 0 aromatic heterocycles. The molecular weight excluding hydrogens is 340 g/mol. The number of aryl methyl sites for hydroxylation is 1. The van der Waals surface area contributed by atoms with Crippen molar-refractivity contribution in [2.45, 2.75) is 43.4 Å². The van der Waals surface area contributed by atoms with E-state index in [0.717, 1.165) is 0 Å². The van der Waals surface area contributed by atoms with Gasteiger partial charge in [0, 0.05) is 19.1 Å². The Bertz CT molecular complexity index is 685. The van der Waals surface area contributed by atoms with E-state index in [1.54, 1.807) is 16.9 Å². The van der Waals surface area contributed by atoms with Crippen molar-refractivity contribution in [3.8, 4) is 0 Å². The van der Waals surface area contributed by atoms with Crippen molar-refractivity contribution in [3.63, 3.8) is 0 Å². The number of carbonyl (C=O) groups is 1. The normalized spacial score (nSPS) is 16.8. The molecule has 0 atom stereocenters. The number of hydrogen-bond acceptors (Lipinski definition) is 4. The molecule has 0 radical (unpaired) electrons. The molecule has 1 aliphatic rings. The second-order valence-electron chi connectivity index (χ2n) is 5.80. The van der Waals surface area contributed by atoms with Gasteiger partial charge in [-0.2, -0.15) is 8.78 Å². The number of amides is 1. The lowest BCUT2D eigenvalue weighted by Crippen LogP contribution is -2.49. The van der Waals surface area contributed by atoms with Crippen molar-refractivity contribution in [1.82, 2.24) is 4.72 Å². The van der Waals surface area contributed by atoms with Crippen LogP contribution in [0.5, 0.6) is 0 Å². The smallest absolute Gasteiger partial charge is 0.328 e. The van der Waals surface area contributed by atoms with Crippen LogP contribution in [-0.4, -0.2) is 33.5 Å². The second-order valence-corrected chi connectivity index (χ2v) is 7.45. The van der Waals surface area contributed by atoms with Gasteiger partial charge in [0.1, 0.15) is 0 Å². The minimum absolute atomic E-state index is 0.0207. The molecule has 0 bridgehead atoms. The molecule has 1 fully saturated rings. The Kier molecular flexibility index (Phi) is 5.92. The largest absolute Gasteiger partial charge is 0.381 e. The van der Waals surface area contributed by atoms with Gasteiger partial charge in [-0.15, -0.1) is 0 Å². The highest BCUT2D eigenvalue weighted by Gasteiger charge is 2.48. The minimum Gasteiger partial charge on any atom is -0.381 e. The first-order chi connectivity index (χ1) is 11.3. The summed E-state index contributed by atoms with van der Waals surface area (Å²) in [6.07, 6.45) is 1.21. The molecule has 24 heavy (non-hydrogen) atoms. The summed E-state index contributed by atoms with van der Waals surface area (Å²) < 4.78 is 59.8. The molecule has 2 rings (SSSR count). The van der Waals surface area contributed by atoms with E-state index in [0.29, 0.717) is 18.4 Å². The minimum atomic E-state index is -4.34. The van der Waals surface area contributed by atoms with Crippen LogP contribution in [-0.2, 0) is 26.0 Å². The van der Waals surface area contributed by atoms with E-state index in [-0.39, 0.29) is 31.0 Å². The quantitative estimate of drug-likeness (QED) is 0.845. The molecule has 1 heterocycles. The molecule has 1 saturated heterocycles. The Hall–Kier alpha value is -1.54. The van der Waals surface area contributed by atoms with Crippen LogP contribution in [0.3, 0.4) is 0 Å². The van der Waals surface area contributed by atoms with Crippen LogP contribution >= 0.6 is 0 Å². The zero-order valence-corrected chi connectivity index (χ0v) is 14.2. The predicted octanol–water partition coefficient (Wildman–Crippen LogP) is 2.51. The standard InChI is InChI=1S/C16H21F2NO4S/c1-2-5-12-6-3-4-7-14(12)24(21,22)19-15(20)16(17,18)13-8-10-23-11-9-13/h3-4,6-7,13H,2,5,8-11H2,1H3,(H,19,20). The molecular formula is C16H21F2NO4S. The molecule has 1 N–H and O–H groups in total. The van der Waals surface area contributed by atoms with Crippen LogP contribution in [0.25, 0.3) is 0 Å². The highest BCUT2D eigenvalue weighted by atomic mass is 32.2. The number of benzene rings is 1. The molecule has 5 nitrogen and oxygen atoms in total. The van der Waals surface area contributed by atoms with E-state index in [1.165, 1.54) is 12.1 Å². The molecule has 134 valence electrons. The topological polar surface area (TPSA) is 72.5 Å². The zero-order valence-electron chi connectivity index (χ0n) is 13.4. The van der Waals surface area contributed by atoms with Gasteiger partial charge in [-0.05, 0) is 30.9 Å². The van der Waals surface area contributed by atoms with Gasteiger partial charge < -0.3 is 4.74 Å². The molecule has 1 amide bonds. The number of nitrogens with one attached hydrogen (secondary N) is 1. The fourth-order valence-corrected chi connectivity index (χ4v) is 4.00. The van der Waals surface area contributed by atoms with Crippen molar-refractivity contribution >= 4 is 15.9 Å². The first-order valence-corrected chi connectivity index (χ1v) is 9.38. The van der Waals surface area contributed by atoms with Gasteiger partial charge in [0.15, 0.2) is 0 Å². The van der Waals surface area contributed by atoms with Crippen LogP contribution in [0.15, 0.2) is 29.2 Å². The van der Waals surface area contributed by atoms with E-state index in [9.17, 15) is 22.0 Å². The van der Waals surface area contributed by atoms with E-state index in [1.807, 2.05) is 6.92 Å². The van der Waals surface area contributed by atoms with Crippen molar-refractivity contribution < 1.29 is 26.7 Å². The summed E-state index contributed by atoms with van der Waals surface area (Å²) in [6.45, 7) is 2.15. The van der Waals surface area contributed by atoms with Gasteiger partial charge in [-0.3, -0.25) is 4.79 Å². The van der Waals surface area contributed by atoms with Crippen LogP contribution < -0.4 is 4.72 Å². The third-order valence-electron chi connectivity index (χ3n) is 4.05. The van der Waals surface area contributed by atoms with E-state index in [2.05, 4.69) is 0 Å². The Labute approximate surface area is 140 Å². The third-order valence-corrected chi connectivity index (χ3v) is 5.48. The van der Waals surface area contributed by atoms with Crippen molar-refractivity contribution in [2.75, 3.05) is 13.2 Å². The Morgan fingerprint density at radius 1 is 1.29 bits per heavy atom. The van der Waals surface area contributed by atoms with E-state index >= 15 is 0 Å².